The molecular weight excluding hydrogens is 979 g/mol. The molecular formula is C66H91N3O9. The van der Waals surface area contributed by atoms with Crippen molar-refractivity contribution in [2.75, 3.05) is 20.3 Å². The summed E-state index contributed by atoms with van der Waals surface area (Å²) in [5, 5.41) is 54.3. The summed E-state index contributed by atoms with van der Waals surface area (Å²) in [6.07, 6.45) is 18.8. The number of ether oxygens (including phenoxy) is 2. The molecule has 3 aliphatic heterocycles. The van der Waals surface area contributed by atoms with Crippen molar-refractivity contribution >= 4 is 28.9 Å². The summed E-state index contributed by atoms with van der Waals surface area (Å²) in [5.74, 6) is -0.674. The standard InChI is InChI=1S/C66H91N3O9/c1-59(2)58(78-59)49(73)31-60(3)19-15-39-34-68-54-45(47(37-70)41-26-40(38-12-9-8-10-13-38)27-42(28-41)66(76)22-24-77-25-23-66)35-69(55(39)54)36-46-52-53(60)48(72)32-62(52,5)61(4)20-17-50-63(6,57(61)56(46)75)64(21-16-44(71)30-64)33-51(74)65(50)18-11-14-43(29-65)67-7/h26-28,34-35,37-38,43-44,46-47,49-50,56-58,67-68,71,73,75-76H,8-25,29-33,36H2,1-7H3/t43-,44+,46-,47+,49+,50+,56+,57-,58+,60-,61-,62-,63+,64+,65-/m0/s1. The molecule has 12 heteroatoms. The Hall–Kier alpha value is -3.49. The minimum absolute atomic E-state index is 0.00375. The molecule has 6 N–H and O–H groups in total. The fourth-order valence-corrected chi connectivity index (χ4v) is 21.1. The molecule has 2 spiro atoms. The Labute approximate surface area is 462 Å². The lowest BCUT2D eigenvalue weighted by molar-refractivity contribution is -0.267. The Balaban J connectivity index is 0.999. The van der Waals surface area contributed by atoms with Crippen LogP contribution >= 0.6 is 0 Å². The first-order valence-corrected chi connectivity index (χ1v) is 30.9. The molecule has 5 heterocycles. The Morgan fingerprint density at radius 3 is 2.33 bits per heavy atom. The van der Waals surface area contributed by atoms with Crippen LogP contribution in [0.5, 0.6) is 0 Å². The first-order valence-electron chi connectivity index (χ1n) is 30.9. The zero-order valence-corrected chi connectivity index (χ0v) is 48.0. The number of aromatic amines is 1. The molecule has 6 saturated carbocycles. The van der Waals surface area contributed by atoms with Crippen molar-refractivity contribution in [1.82, 2.24) is 14.9 Å². The highest BCUT2D eigenvalue weighted by atomic mass is 16.6. The van der Waals surface area contributed by atoms with Gasteiger partial charge in [-0.25, -0.2) is 0 Å². The van der Waals surface area contributed by atoms with E-state index in [4.69, 9.17) is 9.47 Å². The molecule has 10 aliphatic rings. The first kappa shape index (κ1) is 53.8. The van der Waals surface area contributed by atoms with Gasteiger partial charge in [-0.3, -0.25) is 9.59 Å². The van der Waals surface area contributed by atoms with Crippen LogP contribution in [0.15, 0.2) is 41.7 Å². The third kappa shape index (κ3) is 7.63. The van der Waals surface area contributed by atoms with Gasteiger partial charge in [0, 0.05) is 91.8 Å². The van der Waals surface area contributed by atoms with Gasteiger partial charge in [-0.1, -0.05) is 71.6 Å². The van der Waals surface area contributed by atoms with Crippen molar-refractivity contribution in [1.29, 1.82) is 0 Å². The van der Waals surface area contributed by atoms with E-state index in [0.29, 0.717) is 89.2 Å². The fraction of sp³-hybridized carbons (Fsp3) is 0.742. The van der Waals surface area contributed by atoms with Gasteiger partial charge in [0.25, 0.3) is 0 Å². The molecule has 3 aromatic rings. The number of allylic oxidation sites excluding steroid dienone is 1. The zero-order chi connectivity index (χ0) is 54.7. The number of aromatic nitrogens is 2. The fourth-order valence-electron chi connectivity index (χ4n) is 21.1. The highest BCUT2D eigenvalue weighted by Crippen LogP contribution is 2.81. The lowest BCUT2D eigenvalue weighted by atomic mass is 9.29. The largest absolute Gasteiger partial charge is 0.393 e. The number of epoxide rings is 1. The molecule has 12 nitrogen and oxygen atoms in total. The summed E-state index contributed by atoms with van der Waals surface area (Å²) in [6, 6.07) is 6.77. The molecule has 8 fully saturated rings. The summed E-state index contributed by atoms with van der Waals surface area (Å²) < 4.78 is 14.2. The van der Waals surface area contributed by atoms with E-state index in [0.717, 1.165) is 121 Å². The second kappa shape index (κ2) is 18.5. The van der Waals surface area contributed by atoms with Crippen LogP contribution in [0.4, 0.5) is 0 Å². The molecule has 0 bridgehead atoms. The Kier molecular flexibility index (Phi) is 12.8. The quantitative estimate of drug-likeness (QED) is 0.0890. The van der Waals surface area contributed by atoms with Crippen LogP contribution in [0.3, 0.4) is 0 Å². The minimum Gasteiger partial charge on any atom is -0.393 e. The van der Waals surface area contributed by atoms with Gasteiger partial charge in [0.15, 0.2) is 5.78 Å². The number of rotatable bonds is 9. The number of aliphatic hydroxyl groups is 4. The van der Waals surface area contributed by atoms with Gasteiger partial charge in [0.05, 0.1) is 46.5 Å². The first-order chi connectivity index (χ1) is 37.1. The van der Waals surface area contributed by atoms with Crippen LogP contribution in [-0.2, 0) is 42.4 Å². The number of aryl methyl sites for hydroxylation is 1. The number of H-pyrrole nitrogens is 1. The number of aliphatic hydroxyl groups excluding tert-OH is 3. The lowest BCUT2D eigenvalue weighted by Gasteiger charge is -2.75. The number of nitrogens with zero attached hydrogens (tertiary/aromatic N) is 1. The SMILES string of the molecule is CN[C@H]1CCC[C@@]2(C1)C(=O)C[C@]1(CC[C@@H](O)C1)[C@@]1(C)[C@H]3[C@H](O)[C@H]4Cn5cc([C@H](C=O)c6cc(C7CCCCC7)cc(C7(O)CCOCC7)c6)c6[nH]cc(c65)CC[C@@](C)(C[C@@H](O)[C@H]5OC5(C)C)C5=C4[C@](C)(CC5=O)[C@@]3(C)CC[C@@H]21. The summed E-state index contributed by atoms with van der Waals surface area (Å²) >= 11 is 0. The van der Waals surface area contributed by atoms with Crippen LogP contribution < -0.4 is 5.32 Å². The Morgan fingerprint density at radius 2 is 1.64 bits per heavy atom. The van der Waals surface area contributed by atoms with Gasteiger partial charge in [-0.15, -0.1) is 0 Å². The van der Waals surface area contributed by atoms with Crippen molar-refractivity contribution < 1.29 is 44.3 Å². The van der Waals surface area contributed by atoms with Gasteiger partial charge in [-0.2, -0.15) is 0 Å². The molecule has 15 atom stereocenters. The van der Waals surface area contributed by atoms with Crippen molar-refractivity contribution in [2.45, 2.75) is 236 Å². The van der Waals surface area contributed by atoms with Gasteiger partial charge in [0.2, 0.25) is 0 Å². The number of carbonyl (C=O) groups excluding carboxylic acids is 3. The number of nitrogens with one attached hydrogen (secondary N) is 2. The molecule has 0 amide bonds. The molecule has 13 rings (SSSR count). The third-order valence-electron chi connectivity index (χ3n) is 25.2. The molecule has 0 unspecified atom stereocenters. The maximum atomic E-state index is 15.8. The highest BCUT2D eigenvalue weighted by Gasteiger charge is 2.78. The monoisotopic (exact) mass is 1070 g/mol. The number of aldehydes is 1. The van der Waals surface area contributed by atoms with E-state index in [-0.39, 0.29) is 29.8 Å². The Morgan fingerprint density at radius 1 is 0.885 bits per heavy atom. The van der Waals surface area contributed by atoms with Gasteiger partial charge < -0.3 is 49.6 Å². The Bertz CT molecular complexity index is 2940. The van der Waals surface area contributed by atoms with E-state index in [1.54, 1.807) is 0 Å². The minimum atomic E-state index is -1.06. The highest BCUT2D eigenvalue weighted by molar-refractivity contribution is 6.02. The summed E-state index contributed by atoms with van der Waals surface area (Å²) in [4.78, 5) is 49.1. The average molecular weight is 1070 g/mol. The van der Waals surface area contributed by atoms with Crippen LogP contribution in [-0.4, -0.2) is 104 Å². The second-order valence-electron chi connectivity index (χ2n) is 29.3. The molecule has 1 aromatic carbocycles. The van der Waals surface area contributed by atoms with E-state index in [2.05, 4.69) is 73.2 Å². The van der Waals surface area contributed by atoms with E-state index in [9.17, 15) is 25.2 Å². The number of carbonyl (C=O) groups is 3. The summed E-state index contributed by atoms with van der Waals surface area (Å²) in [6.45, 7) is 14.7. The van der Waals surface area contributed by atoms with Crippen molar-refractivity contribution in [3.8, 4) is 0 Å². The summed E-state index contributed by atoms with van der Waals surface area (Å²) in [5.41, 5.74) is 3.40. The third-order valence-corrected chi connectivity index (χ3v) is 25.2. The van der Waals surface area contributed by atoms with Crippen molar-refractivity contribution in [3.63, 3.8) is 0 Å². The van der Waals surface area contributed by atoms with Crippen LogP contribution in [0.25, 0.3) is 11.0 Å². The summed E-state index contributed by atoms with van der Waals surface area (Å²) in [7, 11) is 2.03. The number of fused-ring (bicyclic) bond motifs is 6. The predicted octanol–water partition coefficient (Wildman–Crippen LogP) is 10.2. The van der Waals surface area contributed by atoms with Gasteiger partial charge in [0.1, 0.15) is 18.2 Å². The van der Waals surface area contributed by atoms with E-state index in [1.165, 1.54) is 12.0 Å². The maximum absolute atomic E-state index is 15.8. The van der Waals surface area contributed by atoms with Crippen LogP contribution in [0.1, 0.15) is 210 Å². The van der Waals surface area contributed by atoms with Crippen molar-refractivity contribution in [2.24, 2.45) is 50.2 Å². The average Bonchev–Trinajstić information content (AvgIpc) is 3.99. The van der Waals surface area contributed by atoms with E-state index in [1.807, 2.05) is 20.9 Å². The van der Waals surface area contributed by atoms with Crippen LogP contribution in [0.2, 0.25) is 0 Å². The molecule has 7 aliphatic carbocycles. The number of hydrogen-bond donors (Lipinski definition) is 6. The van der Waals surface area contributed by atoms with Crippen molar-refractivity contribution in [3.05, 3.63) is 69.6 Å². The van der Waals surface area contributed by atoms with Gasteiger partial charge >= 0.3 is 0 Å². The smallest absolute Gasteiger partial charge is 0.160 e. The zero-order valence-electron chi connectivity index (χ0n) is 48.0. The number of ketones is 2. The second-order valence-corrected chi connectivity index (χ2v) is 29.3. The number of benzene rings is 1. The van der Waals surface area contributed by atoms with Crippen LogP contribution in [0, 0.1) is 50.2 Å². The predicted molar refractivity (Wildman–Crippen MR) is 299 cm³/mol. The number of hydrogen-bond acceptors (Lipinski definition) is 10. The van der Waals surface area contributed by atoms with Gasteiger partial charge in [-0.05, 0) is 172 Å². The molecule has 2 aromatic heterocycles. The molecule has 78 heavy (non-hydrogen) atoms. The molecule has 0 radical (unpaired) electrons. The molecule has 424 valence electrons. The number of Topliss-reactive ketones (excluding diaryl/α,β-unsaturated/α-hetero) is 2. The van der Waals surface area contributed by atoms with E-state index < -0.39 is 73.8 Å². The lowest BCUT2D eigenvalue weighted by Crippen LogP contribution is -2.73. The van der Waals surface area contributed by atoms with E-state index >= 15 is 9.59 Å². The topological polar surface area (TPSA) is 187 Å². The molecule has 2 saturated heterocycles. The normalized spacial score (nSPS) is 41.9. The maximum Gasteiger partial charge on any atom is 0.160 e.